The summed E-state index contributed by atoms with van der Waals surface area (Å²) >= 11 is 0. The molecule has 0 aliphatic carbocycles. The summed E-state index contributed by atoms with van der Waals surface area (Å²) in [6, 6.07) is 9.34. The molecule has 1 unspecified atom stereocenters. The molecule has 0 spiro atoms. The monoisotopic (exact) mass is 180 g/mol. The summed E-state index contributed by atoms with van der Waals surface area (Å²) in [7, 11) is 0. The van der Waals surface area contributed by atoms with Crippen molar-refractivity contribution < 1.29 is 14.3 Å². The molecule has 0 heterocycles. The summed E-state index contributed by atoms with van der Waals surface area (Å²) in [4.78, 5) is 10.2. The maximum Gasteiger partial charge on any atom is 0.295 e. The lowest BCUT2D eigenvalue weighted by Crippen LogP contribution is -2.07. The zero-order valence-electron chi connectivity index (χ0n) is 7.47. The molecule has 1 aromatic rings. The van der Waals surface area contributed by atoms with Crippen LogP contribution in [0.3, 0.4) is 0 Å². The zero-order chi connectivity index (χ0) is 9.52. The van der Waals surface area contributed by atoms with Crippen molar-refractivity contribution in [1.29, 1.82) is 0 Å². The maximum absolute atomic E-state index is 10.2. The van der Waals surface area contributed by atoms with E-state index in [9.17, 15) is 4.79 Å². The summed E-state index contributed by atoms with van der Waals surface area (Å²) in [5, 5.41) is 0. The Kier molecular flexibility index (Phi) is 3.99. The maximum atomic E-state index is 10.2. The van der Waals surface area contributed by atoms with E-state index in [0.717, 1.165) is 5.56 Å². The third-order valence-electron chi connectivity index (χ3n) is 1.57. The largest absolute Gasteiger partial charge is 0.433 e. The van der Waals surface area contributed by atoms with Gasteiger partial charge in [-0.25, -0.2) is 0 Å². The molecule has 0 N–H and O–H groups in total. The van der Waals surface area contributed by atoms with Crippen molar-refractivity contribution in [3.8, 4) is 0 Å². The number of carbonyl (C=O) groups is 1. The molecule has 0 fully saturated rings. The first-order valence-electron chi connectivity index (χ1n) is 4.14. The van der Waals surface area contributed by atoms with Gasteiger partial charge in [0, 0.05) is 12.2 Å². The molecule has 0 saturated heterocycles. The Morgan fingerprint density at radius 1 is 1.38 bits per heavy atom. The minimum atomic E-state index is -0.580. The van der Waals surface area contributed by atoms with Crippen molar-refractivity contribution >= 4 is 6.47 Å². The Morgan fingerprint density at radius 3 is 2.62 bits per heavy atom. The lowest BCUT2D eigenvalue weighted by atomic mass is 10.2. The zero-order valence-corrected chi connectivity index (χ0v) is 7.47. The Bertz CT molecular complexity index is 246. The Balaban J connectivity index is 2.69. The van der Waals surface area contributed by atoms with Crippen LogP contribution in [-0.4, -0.2) is 13.1 Å². The molecule has 0 radical (unpaired) electrons. The molecule has 0 aliphatic rings. The van der Waals surface area contributed by atoms with Crippen LogP contribution in [0.25, 0.3) is 0 Å². The third-order valence-corrected chi connectivity index (χ3v) is 1.57. The molecular formula is C10H12O3. The highest BCUT2D eigenvalue weighted by atomic mass is 16.7. The van der Waals surface area contributed by atoms with Gasteiger partial charge in [0.25, 0.3) is 6.47 Å². The predicted molar refractivity (Wildman–Crippen MR) is 48.0 cm³/mol. The average Bonchev–Trinajstić information content (AvgIpc) is 2.19. The van der Waals surface area contributed by atoms with Gasteiger partial charge in [-0.2, -0.15) is 0 Å². The van der Waals surface area contributed by atoms with Crippen LogP contribution in [0.4, 0.5) is 0 Å². The van der Waals surface area contributed by atoms with E-state index >= 15 is 0 Å². The first kappa shape index (κ1) is 9.74. The average molecular weight is 180 g/mol. The quantitative estimate of drug-likeness (QED) is 0.512. The smallest absolute Gasteiger partial charge is 0.295 e. The van der Waals surface area contributed by atoms with Crippen LogP contribution in [0.1, 0.15) is 18.8 Å². The normalized spacial score (nSPS) is 12.1. The summed E-state index contributed by atoms with van der Waals surface area (Å²) in [6.45, 7) is 2.75. The summed E-state index contributed by atoms with van der Waals surface area (Å²) < 4.78 is 9.98. The van der Waals surface area contributed by atoms with Crippen molar-refractivity contribution in [3.63, 3.8) is 0 Å². The molecule has 1 atom stereocenters. The number of hydrogen-bond donors (Lipinski definition) is 0. The van der Waals surface area contributed by atoms with Gasteiger partial charge in [0.05, 0.1) is 0 Å². The van der Waals surface area contributed by atoms with Gasteiger partial charge in [-0.3, -0.25) is 4.79 Å². The lowest BCUT2D eigenvalue weighted by Gasteiger charge is -2.14. The molecule has 0 aliphatic heterocycles. The van der Waals surface area contributed by atoms with E-state index in [0.29, 0.717) is 13.1 Å². The van der Waals surface area contributed by atoms with Crippen LogP contribution in [0.2, 0.25) is 0 Å². The minimum Gasteiger partial charge on any atom is -0.433 e. The fraction of sp³-hybridized carbons (Fsp3) is 0.300. The standard InChI is InChI=1S/C10H12O3/c1-2-12-10(13-8-11)9-6-4-3-5-7-9/h3-8,10H,2H2,1H3. The third kappa shape index (κ3) is 2.87. The summed E-state index contributed by atoms with van der Waals surface area (Å²) in [6.07, 6.45) is -0.580. The number of carbonyl (C=O) groups excluding carboxylic acids is 1. The van der Waals surface area contributed by atoms with Crippen LogP contribution >= 0.6 is 0 Å². The second kappa shape index (κ2) is 5.32. The van der Waals surface area contributed by atoms with Crippen molar-refractivity contribution in [1.82, 2.24) is 0 Å². The molecular weight excluding hydrogens is 168 g/mol. The second-order valence-electron chi connectivity index (χ2n) is 2.43. The van der Waals surface area contributed by atoms with Crippen molar-refractivity contribution in [3.05, 3.63) is 35.9 Å². The molecule has 0 saturated carbocycles. The van der Waals surface area contributed by atoms with Crippen molar-refractivity contribution in [2.75, 3.05) is 6.61 Å². The summed E-state index contributed by atoms with van der Waals surface area (Å²) in [5.74, 6) is 0. The van der Waals surface area contributed by atoms with Gasteiger partial charge in [0.1, 0.15) is 0 Å². The van der Waals surface area contributed by atoms with Crippen LogP contribution in [0.15, 0.2) is 30.3 Å². The highest BCUT2D eigenvalue weighted by Crippen LogP contribution is 2.16. The number of rotatable bonds is 5. The highest BCUT2D eigenvalue weighted by Gasteiger charge is 2.10. The highest BCUT2D eigenvalue weighted by molar-refractivity contribution is 5.38. The first-order chi connectivity index (χ1) is 6.38. The lowest BCUT2D eigenvalue weighted by molar-refractivity contribution is -0.164. The molecule has 70 valence electrons. The van der Waals surface area contributed by atoms with Crippen LogP contribution in [-0.2, 0) is 14.3 Å². The van der Waals surface area contributed by atoms with Crippen LogP contribution in [0.5, 0.6) is 0 Å². The Morgan fingerprint density at radius 2 is 2.08 bits per heavy atom. The van der Waals surface area contributed by atoms with E-state index in [1.165, 1.54) is 0 Å². The molecule has 3 heteroatoms. The molecule has 1 aromatic carbocycles. The number of benzene rings is 1. The van der Waals surface area contributed by atoms with Crippen molar-refractivity contribution in [2.24, 2.45) is 0 Å². The van der Waals surface area contributed by atoms with E-state index < -0.39 is 6.29 Å². The molecule has 0 aromatic heterocycles. The number of hydrogen-bond acceptors (Lipinski definition) is 3. The SMILES string of the molecule is CCOC(OC=O)c1ccccc1. The minimum absolute atomic E-state index is 0.396. The van der Waals surface area contributed by atoms with Crippen LogP contribution < -0.4 is 0 Å². The van der Waals surface area contributed by atoms with Gasteiger partial charge >= 0.3 is 0 Å². The molecule has 3 nitrogen and oxygen atoms in total. The Hall–Kier alpha value is -1.35. The van der Waals surface area contributed by atoms with E-state index in [2.05, 4.69) is 0 Å². The Labute approximate surface area is 77.3 Å². The molecule has 13 heavy (non-hydrogen) atoms. The van der Waals surface area contributed by atoms with Gasteiger partial charge in [0.15, 0.2) is 0 Å². The topological polar surface area (TPSA) is 35.5 Å². The predicted octanol–water partition coefficient (Wildman–Crippen LogP) is 1.89. The van der Waals surface area contributed by atoms with E-state index in [1.54, 1.807) is 0 Å². The van der Waals surface area contributed by atoms with Crippen molar-refractivity contribution in [2.45, 2.75) is 13.2 Å². The molecule has 0 bridgehead atoms. The fourth-order valence-electron chi connectivity index (χ4n) is 1.03. The molecule has 1 rings (SSSR count). The van der Waals surface area contributed by atoms with Crippen LogP contribution in [0, 0.1) is 0 Å². The fourth-order valence-corrected chi connectivity index (χ4v) is 1.03. The van der Waals surface area contributed by atoms with Gasteiger partial charge in [0.2, 0.25) is 6.29 Å². The second-order valence-corrected chi connectivity index (χ2v) is 2.43. The molecule has 0 amide bonds. The van der Waals surface area contributed by atoms with E-state index in [-0.39, 0.29) is 0 Å². The summed E-state index contributed by atoms with van der Waals surface area (Å²) in [5.41, 5.74) is 0.844. The van der Waals surface area contributed by atoms with Gasteiger partial charge in [-0.05, 0) is 6.92 Å². The first-order valence-corrected chi connectivity index (χ1v) is 4.14. The van der Waals surface area contributed by atoms with Gasteiger partial charge in [-0.1, -0.05) is 30.3 Å². The van der Waals surface area contributed by atoms with E-state index in [4.69, 9.17) is 9.47 Å². The van der Waals surface area contributed by atoms with Gasteiger partial charge in [-0.15, -0.1) is 0 Å². The number of ether oxygens (including phenoxy) is 2. The van der Waals surface area contributed by atoms with E-state index in [1.807, 2.05) is 37.3 Å². The van der Waals surface area contributed by atoms with Gasteiger partial charge < -0.3 is 9.47 Å².